The molecule has 0 aliphatic rings. The number of anilines is 1. The fraction of sp³-hybridized carbons (Fsp3) is 0.143. The third-order valence-corrected chi connectivity index (χ3v) is 4.40. The maximum atomic E-state index is 12.4. The van der Waals surface area contributed by atoms with Gasteiger partial charge < -0.3 is 10.1 Å². The van der Waals surface area contributed by atoms with Crippen LogP contribution in [0.4, 0.5) is 5.69 Å². The monoisotopic (exact) mass is 389 g/mol. The zero-order valence-electron chi connectivity index (χ0n) is 16.0. The molecule has 4 aromatic rings. The molecule has 0 aliphatic carbocycles. The van der Waals surface area contributed by atoms with Crippen LogP contribution in [0.3, 0.4) is 0 Å². The highest BCUT2D eigenvalue weighted by molar-refractivity contribution is 5.90. The van der Waals surface area contributed by atoms with E-state index in [1.54, 1.807) is 31.3 Å². The maximum absolute atomic E-state index is 12.4. The minimum atomic E-state index is -0.329. The Morgan fingerprint density at radius 1 is 1.14 bits per heavy atom. The van der Waals surface area contributed by atoms with Crippen LogP contribution in [0.1, 0.15) is 5.56 Å². The van der Waals surface area contributed by atoms with Gasteiger partial charge in [-0.05, 0) is 48.9 Å². The molecule has 0 fully saturated rings. The summed E-state index contributed by atoms with van der Waals surface area (Å²) >= 11 is 0. The van der Waals surface area contributed by atoms with Crippen molar-refractivity contribution in [1.29, 1.82) is 0 Å². The van der Waals surface area contributed by atoms with Gasteiger partial charge in [-0.15, -0.1) is 0 Å². The van der Waals surface area contributed by atoms with Crippen LogP contribution in [-0.2, 0) is 18.4 Å². The highest BCUT2D eigenvalue weighted by atomic mass is 16.5. The van der Waals surface area contributed by atoms with Crippen molar-refractivity contribution in [3.63, 3.8) is 0 Å². The van der Waals surface area contributed by atoms with E-state index in [1.165, 1.54) is 21.8 Å². The molecule has 0 aliphatic heterocycles. The van der Waals surface area contributed by atoms with Gasteiger partial charge in [0.25, 0.3) is 5.56 Å². The van der Waals surface area contributed by atoms with E-state index in [0.717, 1.165) is 11.3 Å². The lowest BCUT2D eigenvalue weighted by molar-refractivity contribution is -0.116. The number of ether oxygens (including phenoxy) is 1. The summed E-state index contributed by atoms with van der Waals surface area (Å²) in [6.45, 7) is 1.86. The topological polar surface area (TPSA) is 91.0 Å². The maximum Gasteiger partial charge on any atom is 0.264 e. The fourth-order valence-electron chi connectivity index (χ4n) is 2.96. The lowest BCUT2D eigenvalue weighted by Gasteiger charge is -2.09. The van der Waals surface area contributed by atoms with Crippen LogP contribution in [0.2, 0.25) is 0 Å². The number of rotatable bonds is 5. The third-order valence-electron chi connectivity index (χ3n) is 4.40. The van der Waals surface area contributed by atoms with Crippen molar-refractivity contribution in [2.24, 2.45) is 7.05 Å². The molecule has 2 aromatic heterocycles. The van der Waals surface area contributed by atoms with E-state index in [9.17, 15) is 9.59 Å². The highest BCUT2D eigenvalue weighted by Gasteiger charge is 2.11. The molecule has 2 heterocycles. The van der Waals surface area contributed by atoms with Gasteiger partial charge in [0.2, 0.25) is 5.91 Å². The van der Waals surface area contributed by atoms with Gasteiger partial charge in [0, 0.05) is 12.7 Å². The summed E-state index contributed by atoms with van der Waals surface area (Å²) in [5, 5.41) is 7.16. The Morgan fingerprint density at radius 2 is 1.93 bits per heavy atom. The number of hydrogen-bond acceptors (Lipinski definition) is 5. The van der Waals surface area contributed by atoms with E-state index < -0.39 is 0 Å². The van der Waals surface area contributed by atoms with Crippen LogP contribution in [-0.4, -0.2) is 25.2 Å². The van der Waals surface area contributed by atoms with Crippen LogP contribution < -0.4 is 15.6 Å². The minimum absolute atomic E-state index is 0.141. The number of nitrogens with one attached hydrogen (secondary N) is 1. The minimum Gasteiger partial charge on any atom is -0.457 e. The Bertz CT molecular complexity index is 1240. The van der Waals surface area contributed by atoms with Gasteiger partial charge in [0.05, 0.1) is 6.20 Å². The standard InChI is InChI=1S/C21H19N5O3/c1-14-4-3-5-17(10-14)29-16-8-6-15(7-9-16)24-19(27)12-26-13-22-20-18(21(26)28)11-23-25(20)2/h3-11,13H,12H2,1-2H3,(H,24,27). The molecule has 29 heavy (non-hydrogen) atoms. The number of carbonyl (C=O) groups is 1. The van der Waals surface area contributed by atoms with Gasteiger partial charge in [0.15, 0.2) is 5.65 Å². The van der Waals surface area contributed by atoms with E-state index in [-0.39, 0.29) is 18.0 Å². The van der Waals surface area contributed by atoms with E-state index >= 15 is 0 Å². The van der Waals surface area contributed by atoms with Crippen LogP contribution in [0, 0.1) is 6.92 Å². The molecular weight excluding hydrogens is 370 g/mol. The van der Waals surface area contributed by atoms with E-state index in [0.29, 0.717) is 22.5 Å². The first-order valence-electron chi connectivity index (χ1n) is 9.01. The molecule has 0 bridgehead atoms. The van der Waals surface area contributed by atoms with Gasteiger partial charge in [0.1, 0.15) is 29.8 Å². The summed E-state index contributed by atoms with van der Waals surface area (Å²) in [4.78, 5) is 29.0. The van der Waals surface area contributed by atoms with Crippen molar-refractivity contribution in [3.05, 3.63) is 77.0 Å². The third kappa shape index (κ3) is 4.01. The molecule has 1 amide bonds. The van der Waals surface area contributed by atoms with Gasteiger partial charge in [-0.2, -0.15) is 5.10 Å². The van der Waals surface area contributed by atoms with Crippen molar-refractivity contribution in [3.8, 4) is 11.5 Å². The van der Waals surface area contributed by atoms with Crippen molar-refractivity contribution in [2.45, 2.75) is 13.5 Å². The lowest BCUT2D eigenvalue weighted by Crippen LogP contribution is -2.27. The van der Waals surface area contributed by atoms with Crippen molar-refractivity contribution in [2.75, 3.05) is 5.32 Å². The summed E-state index contributed by atoms with van der Waals surface area (Å²) in [5.74, 6) is 1.08. The average molecular weight is 389 g/mol. The summed E-state index contributed by atoms with van der Waals surface area (Å²) in [6.07, 6.45) is 2.80. The molecule has 2 aromatic carbocycles. The normalized spacial score (nSPS) is 10.8. The predicted molar refractivity (Wildman–Crippen MR) is 109 cm³/mol. The first kappa shape index (κ1) is 18.4. The zero-order chi connectivity index (χ0) is 20.4. The second-order valence-corrected chi connectivity index (χ2v) is 6.67. The predicted octanol–water partition coefficient (Wildman–Crippen LogP) is 2.87. The number of carbonyl (C=O) groups excluding carboxylic acids is 1. The quantitative estimate of drug-likeness (QED) is 0.567. The Balaban J connectivity index is 1.42. The average Bonchev–Trinajstić information content (AvgIpc) is 3.07. The van der Waals surface area contributed by atoms with E-state index in [1.807, 2.05) is 31.2 Å². The number of hydrogen-bond donors (Lipinski definition) is 1. The molecule has 0 unspecified atom stereocenters. The largest absolute Gasteiger partial charge is 0.457 e. The Labute approximate surface area is 166 Å². The van der Waals surface area contributed by atoms with Crippen LogP contribution in [0.25, 0.3) is 11.0 Å². The SMILES string of the molecule is Cc1cccc(Oc2ccc(NC(=O)Cn3cnc4c(cnn4C)c3=O)cc2)c1. The first-order valence-corrected chi connectivity index (χ1v) is 9.01. The van der Waals surface area contributed by atoms with Gasteiger partial charge in [-0.25, -0.2) is 4.98 Å². The smallest absolute Gasteiger partial charge is 0.264 e. The molecule has 0 spiro atoms. The number of benzene rings is 2. The molecule has 0 saturated carbocycles. The van der Waals surface area contributed by atoms with Crippen molar-refractivity contribution < 1.29 is 9.53 Å². The van der Waals surface area contributed by atoms with E-state index in [2.05, 4.69) is 15.4 Å². The van der Waals surface area contributed by atoms with Crippen molar-refractivity contribution >= 4 is 22.6 Å². The van der Waals surface area contributed by atoms with Crippen LogP contribution in [0.5, 0.6) is 11.5 Å². The molecule has 146 valence electrons. The second-order valence-electron chi connectivity index (χ2n) is 6.67. The molecule has 1 N–H and O–H groups in total. The molecular formula is C21H19N5O3. The molecule has 4 rings (SSSR count). The Hall–Kier alpha value is -3.94. The van der Waals surface area contributed by atoms with E-state index in [4.69, 9.17) is 4.74 Å². The summed E-state index contributed by atoms with van der Waals surface area (Å²) in [7, 11) is 1.71. The first-order chi connectivity index (χ1) is 14.0. The fourth-order valence-corrected chi connectivity index (χ4v) is 2.96. The number of nitrogens with zero attached hydrogens (tertiary/aromatic N) is 4. The summed E-state index contributed by atoms with van der Waals surface area (Å²) in [5.41, 5.74) is 1.90. The van der Waals surface area contributed by atoms with Crippen molar-refractivity contribution in [1.82, 2.24) is 19.3 Å². The second kappa shape index (κ2) is 7.59. The lowest BCUT2D eigenvalue weighted by atomic mass is 10.2. The number of aryl methyl sites for hydroxylation is 2. The number of fused-ring (bicyclic) bond motifs is 1. The van der Waals surface area contributed by atoms with Crippen LogP contribution >= 0.6 is 0 Å². The number of amides is 1. The molecule has 0 saturated heterocycles. The van der Waals surface area contributed by atoms with Gasteiger partial charge >= 0.3 is 0 Å². The zero-order valence-corrected chi connectivity index (χ0v) is 16.0. The molecule has 8 heteroatoms. The number of aromatic nitrogens is 4. The summed E-state index contributed by atoms with van der Waals surface area (Å²) in [6, 6.07) is 14.8. The molecule has 0 radical (unpaired) electrons. The van der Waals surface area contributed by atoms with Crippen LogP contribution in [0.15, 0.2) is 65.8 Å². The Kier molecular flexibility index (Phi) is 4.82. The van der Waals surface area contributed by atoms with Gasteiger partial charge in [-0.3, -0.25) is 18.8 Å². The van der Waals surface area contributed by atoms with Gasteiger partial charge in [-0.1, -0.05) is 12.1 Å². The molecule has 0 atom stereocenters. The molecule has 8 nitrogen and oxygen atoms in total. The Morgan fingerprint density at radius 3 is 2.69 bits per heavy atom. The highest BCUT2D eigenvalue weighted by Crippen LogP contribution is 2.23. The summed E-state index contributed by atoms with van der Waals surface area (Å²) < 4.78 is 8.57.